The van der Waals surface area contributed by atoms with E-state index in [1.54, 1.807) is 11.3 Å². The molecule has 1 saturated carbocycles. The number of hydrogen-bond donors (Lipinski definition) is 2. The van der Waals surface area contributed by atoms with Crippen molar-refractivity contribution >= 4 is 32.9 Å². The van der Waals surface area contributed by atoms with Gasteiger partial charge in [-0.05, 0) is 55.3 Å². The number of thiophene rings is 1. The van der Waals surface area contributed by atoms with Crippen LogP contribution in [0, 0.1) is 0 Å². The number of imidazole rings is 1. The zero-order valence-electron chi connectivity index (χ0n) is 14.3. The molecule has 0 amide bonds. The molecule has 3 aromatic heterocycles. The van der Waals surface area contributed by atoms with Crippen LogP contribution in [0.1, 0.15) is 25.7 Å². The number of aliphatic hydroxyl groups excluding tert-OH is 1. The number of aliphatic hydroxyl groups is 1. The van der Waals surface area contributed by atoms with Gasteiger partial charge in [-0.3, -0.25) is 0 Å². The number of benzene rings is 1. The summed E-state index contributed by atoms with van der Waals surface area (Å²) in [4.78, 5) is 5.67. The second kappa shape index (κ2) is 6.37. The molecule has 132 valence electrons. The van der Waals surface area contributed by atoms with Crippen LogP contribution in [-0.4, -0.2) is 31.9 Å². The Labute approximate surface area is 155 Å². The van der Waals surface area contributed by atoms with Crippen LogP contribution < -0.4 is 5.32 Å². The summed E-state index contributed by atoms with van der Waals surface area (Å²) in [5.74, 6) is 0.831. The monoisotopic (exact) mass is 364 g/mol. The summed E-state index contributed by atoms with van der Waals surface area (Å²) in [7, 11) is 0. The lowest BCUT2D eigenvalue weighted by Gasteiger charge is -2.26. The molecule has 1 aliphatic rings. The molecule has 0 unspecified atom stereocenters. The highest BCUT2D eigenvalue weighted by Crippen LogP contribution is 2.33. The lowest BCUT2D eigenvalue weighted by atomic mass is 9.93. The van der Waals surface area contributed by atoms with Crippen molar-refractivity contribution in [3.8, 4) is 10.6 Å². The van der Waals surface area contributed by atoms with Crippen molar-refractivity contribution in [1.82, 2.24) is 14.6 Å². The second-order valence-electron chi connectivity index (χ2n) is 6.94. The first-order valence-electron chi connectivity index (χ1n) is 9.04. The van der Waals surface area contributed by atoms with Crippen LogP contribution in [0.5, 0.6) is 0 Å². The minimum atomic E-state index is -0.202. The molecule has 0 saturated heterocycles. The quantitative estimate of drug-likeness (QED) is 0.568. The van der Waals surface area contributed by atoms with E-state index in [1.807, 2.05) is 22.8 Å². The van der Waals surface area contributed by atoms with Gasteiger partial charge in [-0.1, -0.05) is 18.2 Å². The Kier molecular flexibility index (Phi) is 3.87. The van der Waals surface area contributed by atoms with E-state index < -0.39 is 0 Å². The fourth-order valence-corrected chi connectivity index (χ4v) is 4.79. The third-order valence-electron chi connectivity index (χ3n) is 5.04. The van der Waals surface area contributed by atoms with Crippen LogP contribution in [0.15, 0.2) is 48.7 Å². The smallest absolute Gasteiger partial charge is 0.154 e. The van der Waals surface area contributed by atoms with E-state index in [2.05, 4.69) is 40.6 Å². The second-order valence-corrected chi connectivity index (χ2v) is 8.03. The molecule has 1 aromatic carbocycles. The van der Waals surface area contributed by atoms with E-state index in [4.69, 9.17) is 5.10 Å². The van der Waals surface area contributed by atoms with Crippen molar-refractivity contribution in [3.05, 3.63) is 48.7 Å². The maximum Gasteiger partial charge on any atom is 0.154 e. The van der Waals surface area contributed by atoms with Crippen LogP contribution in [-0.2, 0) is 0 Å². The van der Waals surface area contributed by atoms with Gasteiger partial charge >= 0.3 is 0 Å². The Balaban J connectivity index is 1.50. The molecule has 6 heteroatoms. The molecule has 4 aromatic rings. The van der Waals surface area contributed by atoms with Crippen LogP contribution in [0.2, 0.25) is 0 Å². The topological polar surface area (TPSA) is 62.5 Å². The molecular weight excluding hydrogens is 344 g/mol. The van der Waals surface area contributed by atoms with Crippen molar-refractivity contribution < 1.29 is 5.11 Å². The summed E-state index contributed by atoms with van der Waals surface area (Å²) in [6.07, 6.45) is 5.51. The summed E-state index contributed by atoms with van der Waals surface area (Å²) in [6.45, 7) is 0. The molecule has 5 nitrogen and oxygen atoms in total. The largest absolute Gasteiger partial charge is 0.393 e. The first-order valence-corrected chi connectivity index (χ1v) is 9.86. The predicted octanol–water partition coefficient (Wildman–Crippen LogP) is 4.33. The maximum atomic E-state index is 9.88. The minimum absolute atomic E-state index is 0.202. The number of rotatable bonds is 3. The summed E-state index contributed by atoms with van der Waals surface area (Å²) in [5, 5.41) is 19.4. The zero-order valence-corrected chi connectivity index (χ0v) is 15.1. The van der Waals surface area contributed by atoms with Crippen LogP contribution in [0.3, 0.4) is 0 Å². The highest BCUT2D eigenvalue weighted by molar-refractivity contribution is 7.22. The van der Waals surface area contributed by atoms with E-state index in [0.29, 0.717) is 0 Å². The molecule has 26 heavy (non-hydrogen) atoms. The fourth-order valence-electron chi connectivity index (χ4n) is 3.73. The van der Waals surface area contributed by atoms with Gasteiger partial charge in [0.15, 0.2) is 5.65 Å². The SMILES string of the molecule is O[C@H]1CCC[C@H](Nc2ccc3ncc(-c4cc5ccccc5s4)n3n2)C1. The van der Waals surface area contributed by atoms with Gasteiger partial charge in [-0.15, -0.1) is 16.4 Å². The molecule has 0 spiro atoms. The lowest BCUT2D eigenvalue weighted by Crippen LogP contribution is -2.30. The zero-order chi connectivity index (χ0) is 17.5. The predicted molar refractivity (Wildman–Crippen MR) is 106 cm³/mol. The van der Waals surface area contributed by atoms with Crippen molar-refractivity contribution in [1.29, 1.82) is 0 Å². The van der Waals surface area contributed by atoms with E-state index >= 15 is 0 Å². The maximum absolute atomic E-state index is 9.88. The highest BCUT2D eigenvalue weighted by Gasteiger charge is 2.20. The van der Waals surface area contributed by atoms with Gasteiger partial charge in [0.1, 0.15) is 11.5 Å². The molecule has 0 aliphatic heterocycles. The Morgan fingerprint density at radius 3 is 2.96 bits per heavy atom. The Hall–Kier alpha value is -2.44. The summed E-state index contributed by atoms with van der Waals surface area (Å²) in [6, 6.07) is 14.8. The van der Waals surface area contributed by atoms with Crippen molar-refractivity contribution in [2.24, 2.45) is 0 Å². The lowest BCUT2D eigenvalue weighted by molar-refractivity contribution is 0.124. The van der Waals surface area contributed by atoms with Gasteiger partial charge in [-0.2, -0.15) is 0 Å². The number of aromatic nitrogens is 3. The van der Waals surface area contributed by atoms with E-state index in [0.717, 1.165) is 47.7 Å². The summed E-state index contributed by atoms with van der Waals surface area (Å²) < 4.78 is 3.18. The molecule has 1 aliphatic carbocycles. The fraction of sp³-hybridized carbons (Fsp3) is 0.300. The molecule has 2 N–H and O–H groups in total. The van der Waals surface area contributed by atoms with Crippen molar-refractivity contribution in [3.63, 3.8) is 0 Å². The molecule has 0 radical (unpaired) electrons. The molecule has 5 rings (SSSR count). The molecular formula is C20H20N4OS. The number of nitrogens with one attached hydrogen (secondary N) is 1. The third-order valence-corrected chi connectivity index (χ3v) is 6.18. The van der Waals surface area contributed by atoms with Gasteiger partial charge in [-0.25, -0.2) is 9.50 Å². The Morgan fingerprint density at radius 1 is 1.15 bits per heavy atom. The Morgan fingerprint density at radius 2 is 2.08 bits per heavy atom. The molecule has 1 fully saturated rings. The minimum Gasteiger partial charge on any atom is -0.393 e. The highest BCUT2D eigenvalue weighted by atomic mass is 32.1. The van der Waals surface area contributed by atoms with Crippen molar-refractivity contribution in [2.45, 2.75) is 37.8 Å². The van der Waals surface area contributed by atoms with Crippen LogP contribution in [0.25, 0.3) is 26.3 Å². The van der Waals surface area contributed by atoms with Gasteiger partial charge in [0.2, 0.25) is 0 Å². The molecule has 3 heterocycles. The summed E-state index contributed by atoms with van der Waals surface area (Å²) in [5.41, 5.74) is 1.85. The van der Waals surface area contributed by atoms with Crippen LogP contribution >= 0.6 is 11.3 Å². The van der Waals surface area contributed by atoms with E-state index in [9.17, 15) is 5.11 Å². The average molecular weight is 364 g/mol. The number of nitrogens with zero attached hydrogens (tertiary/aromatic N) is 3. The third kappa shape index (κ3) is 2.85. The average Bonchev–Trinajstić information content (AvgIpc) is 3.25. The Bertz CT molecular complexity index is 1040. The van der Waals surface area contributed by atoms with Crippen molar-refractivity contribution in [2.75, 3.05) is 5.32 Å². The first-order chi connectivity index (χ1) is 12.8. The van der Waals surface area contributed by atoms with Crippen LogP contribution in [0.4, 0.5) is 5.82 Å². The van der Waals surface area contributed by atoms with Gasteiger partial charge < -0.3 is 10.4 Å². The van der Waals surface area contributed by atoms with E-state index in [1.165, 1.54) is 10.1 Å². The summed E-state index contributed by atoms with van der Waals surface area (Å²) >= 11 is 1.76. The number of fused-ring (bicyclic) bond motifs is 2. The first kappa shape index (κ1) is 15.8. The number of anilines is 1. The van der Waals surface area contributed by atoms with E-state index in [-0.39, 0.29) is 12.1 Å². The van der Waals surface area contributed by atoms with Gasteiger partial charge in [0, 0.05) is 10.7 Å². The molecule has 0 bridgehead atoms. The van der Waals surface area contributed by atoms with Gasteiger partial charge in [0.05, 0.1) is 17.2 Å². The number of hydrogen-bond acceptors (Lipinski definition) is 5. The standard InChI is InChI=1S/C20H20N4OS/c25-15-6-3-5-14(11-15)22-19-8-9-20-21-12-16(24(20)23-19)18-10-13-4-1-2-7-17(13)26-18/h1-2,4,7-10,12,14-15,25H,3,5-6,11H2,(H,22,23)/t14-,15-/m0/s1. The molecule has 2 atom stereocenters. The van der Waals surface area contributed by atoms with Gasteiger partial charge in [0.25, 0.3) is 0 Å². The normalized spacial score (nSPS) is 20.7.